The summed E-state index contributed by atoms with van der Waals surface area (Å²) in [6.07, 6.45) is 5.88. The predicted octanol–water partition coefficient (Wildman–Crippen LogP) is 4.61. The molecule has 0 saturated carbocycles. The van der Waals surface area contributed by atoms with E-state index in [-0.39, 0.29) is 0 Å². The number of fused-ring (bicyclic) bond motifs is 1. The van der Waals surface area contributed by atoms with E-state index in [0.29, 0.717) is 5.75 Å². The molecule has 0 unspecified atom stereocenters. The van der Waals surface area contributed by atoms with Gasteiger partial charge in [-0.1, -0.05) is 36.4 Å². The summed E-state index contributed by atoms with van der Waals surface area (Å²) in [5.74, 6) is 1.48. The first-order valence-electron chi connectivity index (χ1n) is 7.35. The van der Waals surface area contributed by atoms with E-state index in [0.717, 1.165) is 23.5 Å². The Labute approximate surface area is 125 Å². The second-order valence-corrected chi connectivity index (χ2v) is 6.45. The molecule has 1 N–H and O–H groups in total. The molecular formula is C18H20OS. The van der Waals surface area contributed by atoms with Crippen LogP contribution in [0.4, 0.5) is 0 Å². The molecule has 0 heterocycles. The Morgan fingerprint density at radius 3 is 2.60 bits per heavy atom. The molecule has 0 fully saturated rings. The summed E-state index contributed by atoms with van der Waals surface area (Å²) in [7, 11) is 0. The van der Waals surface area contributed by atoms with Crippen LogP contribution < -0.4 is 0 Å². The topological polar surface area (TPSA) is 20.2 Å². The second kappa shape index (κ2) is 6.36. The van der Waals surface area contributed by atoms with Crippen molar-refractivity contribution in [1.29, 1.82) is 0 Å². The zero-order chi connectivity index (χ0) is 13.8. The summed E-state index contributed by atoms with van der Waals surface area (Å²) in [5, 5.41) is 10.1. The number of phenolic OH excluding ortho intramolecular Hbond substituents is 1. The van der Waals surface area contributed by atoms with Crippen LogP contribution in [-0.4, -0.2) is 10.9 Å². The third kappa shape index (κ3) is 3.01. The number of hydrogen-bond acceptors (Lipinski definition) is 2. The van der Waals surface area contributed by atoms with Gasteiger partial charge in [-0.15, -0.1) is 11.8 Å². The highest BCUT2D eigenvalue weighted by molar-refractivity contribution is 7.99. The lowest BCUT2D eigenvalue weighted by Gasteiger charge is -2.20. The molecule has 0 aromatic heterocycles. The van der Waals surface area contributed by atoms with Crippen molar-refractivity contribution in [3.63, 3.8) is 0 Å². The fourth-order valence-electron chi connectivity index (χ4n) is 2.86. The number of rotatable bonds is 4. The summed E-state index contributed by atoms with van der Waals surface area (Å²) >= 11 is 1.81. The Morgan fingerprint density at radius 2 is 1.75 bits per heavy atom. The SMILES string of the molecule is Oc1ccc2c(c1SCCc1ccccc1)CCCC2. The second-order valence-electron chi connectivity index (χ2n) is 5.34. The number of benzene rings is 2. The maximum Gasteiger partial charge on any atom is 0.129 e. The van der Waals surface area contributed by atoms with E-state index < -0.39 is 0 Å². The van der Waals surface area contributed by atoms with Crippen LogP contribution in [0.1, 0.15) is 29.5 Å². The number of phenols is 1. The van der Waals surface area contributed by atoms with Crippen LogP contribution in [0.15, 0.2) is 47.4 Å². The largest absolute Gasteiger partial charge is 0.507 e. The van der Waals surface area contributed by atoms with Gasteiger partial charge >= 0.3 is 0 Å². The highest BCUT2D eigenvalue weighted by Gasteiger charge is 2.16. The first-order chi connectivity index (χ1) is 9.84. The van der Waals surface area contributed by atoms with Crippen molar-refractivity contribution in [2.75, 3.05) is 5.75 Å². The molecule has 1 aliphatic rings. The number of hydrogen-bond donors (Lipinski definition) is 1. The van der Waals surface area contributed by atoms with E-state index >= 15 is 0 Å². The van der Waals surface area contributed by atoms with Crippen LogP contribution in [0, 0.1) is 0 Å². The van der Waals surface area contributed by atoms with E-state index in [9.17, 15) is 5.11 Å². The van der Waals surface area contributed by atoms with Gasteiger partial charge < -0.3 is 5.11 Å². The Balaban J connectivity index is 1.71. The van der Waals surface area contributed by atoms with E-state index in [1.165, 1.54) is 36.0 Å². The molecule has 0 amide bonds. The van der Waals surface area contributed by atoms with E-state index in [1.54, 1.807) is 11.8 Å². The smallest absolute Gasteiger partial charge is 0.129 e. The van der Waals surface area contributed by atoms with Crippen molar-refractivity contribution >= 4 is 11.8 Å². The molecule has 1 nitrogen and oxygen atoms in total. The first kappa shape index (κ1) is 13.6. The van der Waals surface area contributed by atoms with Crippen molar-refractivity contribution in [2.24, 2.45) is 0 Å². The van der Waals surface area contributed by atoms with Gasteiger partial charge in [0.2, 0.25) is 0 Å². The van der Waals surface area contributed by atoms with Gasteiger partial charge in [0.05, 0.1) is 4.90 Å². The average Bonchev–Trinajstić information content (AvgIpc) is 2.50. The molecule has 2 aromatic rings. The van der Waals surface area contributed by atoms with E-state index in [1.807, 2.05) is 6.07 Å². The number of aryl methyl sites for hydroxylation is 2. The van der Waals surface area contributed by atoms with Gasteiger partial charge in [-0.3, -0.25) is 0 Å². The minimum absolute atomic E-state index is 0.462. The summed E-state index contributed by atoms with van der Waals surface area (Å²) < 4.78 is 0. The zero-order valence-electron chi connectivity index (χ0n) is 11.6. The fourth-order valence-corrected chi connectivity index (χ4v) is 4.02. The molecule has 0 atom stereocenters. The van der Waals surface area contributed by atoms with Crippen LogP contribution in [0.25, 0.3) is 0 Å². The molecule has 20 heavy (non-hydrogen) atoms. The van der Waals surface area contributed by atoms with Crippen LogP contribution >= 0.6 is 11.8 Å². The van der Waals surface area contributed by atoms with Gasteiger partial charge in [0, 0.05) is 5.75 Å². The van der Waals surface area contributed by atoms with Crippen molar-refractivity contribution < 1.29 is 5.11 Å². The third-order valence-electron chi connectivity index (χ3n) is 3.94. The maximum atomic E-state index is 10.1. The quantitative estimate of drug-likeness (QED) is 0.828. The van der Waals surface area contributed by atoms with Gasteiger partial charge in [-0.05, 0) is 54.9 Å². The monoisotopic (exact) mass is 284 g/mol. The summed E-state index contributed by atoms with van der Waals surface area (Å²) in [6.45, 7) is 0. The minimum atomic E-state index is 0.462. The molecule has 0 spiro atoms. The summed E-state index contributed by atoms with van der Waals surface area (Å²) in [4.78, 5) is 1.12. The molecule has 2 heteroatoms. The standard InChI is InChI=1S/C18H20OS/c19-17-11-10-15-8-4-5-9-16(15)18(17)20-13-12-14-6-2-1-3-7-14/h1-3,6-7,10-11,19H,4-5,8-9,12-13H2. The lowest BCUT2D eigenvalue weighted by atomic mass is 9.91. The van der Waals surface area contributed by atoms with Gasteiger partial charge in [-0.2, -0.15) is 0 Å². The van der Waals surface area contributed by atoms with Crippen molar-refractivity contribution in [3.8, 4) is 5.75 Å². The normalized spacial score (nSPS) is 14.0. The highest BCUT2D eigenvalue weighted by Crippen LogP contribution is 2.37. The maximum absolute atomic E-state index is 10.1. The molecule has 104 valence electrons. The van der Waals surface area contributed by atoms with Crippen molar-refractivity contribution in [1.82, 2.24) is 0 Å². The van der Waals surface area contributed by atoms with Crippen LogP contribution in [0.2, 0.25) is 0 Å². The first-order valence-corrected chi connectivity index (χ1v) is 8.33. The van der Waals surface area contributed by atoms with Crippen LogP contribution in [0.3, 0.4) is 0 Å². The molecule has 0 bridgehead atoms. The van der Waals surface area contributed by atoms with Crippen molar-refractivity contribution in [2.45, 2.75) is 37.0 Å². The Kier molecular flexibility index (Phi) is 4.31. The van der Waals surface area contributed by atoms with Crippen molar-refractivity contribution in [3.05, 3.63) is 59.2 Å². The predicted molar refractivity (Wildman–Crippen MR) is 85.6 cm³/mol. The number of aromatic hydroxyl groups is 1. The Bertz CT molecular complexity index is 577. The zero-order valence-corrected chi connectivity index (χ0v) is 12.5. The third-order valence-corrected chi connectivity index (χ3v) is 5.09. The molecule has 3 rings (SSSR count). The Morgan fingerprint density at radius 1 is 0.950 bits per heavy atom. The Hall–Kier alpha value is -1.41. The lowest BCUT2D eigenvalue weighted by molar-refractivity contribution is 0.458. The molecule has 0 radical (unpaired) electrons. The molecule has 0 saturated heterocycles. The van der Waals surface area contributed by atoms with Crippen LogP contribution in [-0.2, 0) is 19.3 Å². The molecule has 1 aliphatic carbocycles. The molecule has 0 aliphatic heterocycles. The van der Waals surface area contributed by atoms with E-state index in [2.05, 4.69) is 36.4 Å². The minimum Gasteiger partial charge on any atom is -0.507 e. The number of thioether (sulfide) groups is 1. The van der Waals surface area contributed by atoms with Gasteiger partial charge in [0.25, 0.3) is 0 Å². The average molecular weight is 284 g/mol. The van der Waals surface area contributed by atoms with E-state index in [4.69, 9.17) is 0 Å². The van der Waals surface area contributed by atoms with Gasteiger partial charge in [0.15, 0.2) is 0 Å². The molecule has 2 aromatic carbocycles. The highest BCUT2D eigenvalue weighted by atomic mass is 32.2. The van der Waals surface area contributed by atoms with Gasteiger partial charge in [0.1, 0.15) is 5.75 Å². The lowest BCUT2D eigenvalue weighted by Crippen LogP contribution is -2.04. The van der Waals surface area contributed by atoms with Crippen LogP contribution in [0.5, 0.6) is 5.75 Å². The summed E-state index contributed by atoms with van der Waals surface area (Å²) in [6, 6.07) is 14.5. The van der Waals surface area contributed by atoms with Gasteiger partial charge in [-0.25, -0.2) is 0 Å². The molecular weight excluding hydrogens is 264 g/mol. The summed E-state index contributed by atoms with van der Waals surface area (Å²) in [5.41, 5.74) is 4.20. The fraction of sp³-hybridized carbons (Fsp3) is 0.333.